The summed E-state index contributed by atoms with van der Waals surface area (Å²) in [6.07, 6.45) is 0.975. The van der Waals surface area contributed by atoms with Gasteiger partial charge in [-0.3, -0.25) is 9.69 Å². The predicted octanol–water partition coefficient (Wildman–Crippen LogP) is 4.33. The Bertz CT molecular complexity index is 1610. The first-order chi connectivity index (χ1) is 23.9. The van der Waals surface area contributed by atoms with Gasteiger partial charge in [-0.2, -0.15) is 13.2 Å². The number of aromatic nitrogens is 2. The second-order valence-corrected chi connectivity index (χ2v) is 15.5. The fourth-order valence-electron chi connectivity index (χ4n) is 10.1. The molecule has 4 aliphatic carbocycles. The molecule has 14 heteroatoms. The number of piperazine rings is 1. The molecule has 7 aliphatic rings. The van der Waals surface area contributed by atoms with Crippen LogP contribution in [0, 0.1) is 23.7 Å². The van der Waals surface area contributed by atoms with Gasteiger partial charge < -0.3 is 29.7 Å². The Kier molecular flexibility index (Phi) is 8.49. The molecule has 1 amide bonds. The number of carboxylic acid groups (broad SMARTS) is 1. The molecule has 2 aromatic rings. The monoisotopic (exact) mass is 698 g/mol. The van der Waals surface area contributed by atoms with E-state index in [1.54, 1.807) is 4.90 Å². The van der Waals surface area contributed by atoms with E-state index in [9.17, 15) is 27.9 Å². The summed E-state index contributed by atoms with van der Waals surface area (Å²) in [5.41, 5.74) is -2.47. The van der Waals surface area contributed by atoms with Crippen LogP contribution in [0.1, 0.15) is 66.6 Å². The molecule has 50 heavy (non-hydrogen) atoms. The van der Waals surface area contributed by atoms with E-state index in [4.69, 9.17) is 9.47 Å². The van der Waals surface area contributed by atoms with Gasteiger partial charge in [-0.25, -0.2) is 14.8 Å². The number of aliphatic carboxylic acids is 1. The second-order valence-electron chi connectivity index (χ2n) is 15.5. The molecule has 11 nitrogen and oxygen atoms in total. The van der Waals surface area contributed by atoms with Crippen molar-refractivity contribution in [2.45, 2.75) is 62.1 Å². The Morgan fingerprint density at radius 2 is 1.72 bits per heavy atom. The number of alkyl halides is 3. The first-order valence-electron chi connectivity index (χ1n) is 18.0. The van der Waals surface area contributed by atoms with E-state index < -0.39 is 40.3 Å². The Morgan fingerprint density at radius 1 is 1.04 bits per heavy atom. The molecule has 4 bridgehead atoms. The molecule has 1 spiro atoms. The van der Waals surface area contributed by atoms with Gasteiger partial charge >= 0.3 is 12.1 Å². The topological polar surface area (TPSA) is 120 Å². The Hall–Kier alpha value is -3.49. The number of carboxylic acids is 1. The average Bonchev–Trinajstić information content (AvgIpc) is 3.39. The fourth-order valence-corrected chi connectivity index (χ4v) is 10.1. The van der Waals surface area contributed by atoms with Gasteiger partial charge in [0, 0.05) is 69.8 Å². The Morgan fingerprint density at radius 3 is 2.36 bits per heavy atom. The molecule has 1 aromatic carbocycles. The molecule has 1 aromatic heterocycles. The summed E-state index contributed by atoms with van der Waals surface area (Å²) < 4.78 is 56.0. The summed E-state index contributed by atoms with van der Waals surface area (Å²) in [7, 11) is 2.12. The van der Waals surface area contributed by atoms with Crippen LogP contribution in [0.2, 0.25) is 0 Å². The summed E-state index contributed by atoms with van der Waals surface area (Å²) >= 11 is 0. The smallest absolute Gasteiger partial charge is 0.434 e. The minimum Gasteiger partial charge on any atom is -0.492 e. The summed E-state index contributed by atoms with van der Waals surface area (Å²) in [4.78, 5) is 41.3. The lowest BCUT2D eigenvalue weighted by molar-refractivity contribution is -0.163. The molecule has 2 N–H and O–H groups in total. The lowest BCUT2D eigenvalue weighted by Crippen LogP contribution is -2.70. The molecule has 0 unspecified atom stereocenters. The van der Waals surface area contributed by atoms with E-state index in [1.807, 2.05) is 18.2 Å². The third-order valence-electron chi connectivity index (χ3n) is 12.6. The van der Waals surface area contributed by atoms with Gasteiger partial charge in [0.25, 0.3) is 5.91 Å². The number of halogens is 3. The lowest BCUT2D eigenvalue weighted by atomic mass is 9.48. The van der Waals surface area contributed by atoms with Crippen LogP contribution in [-0.4, -0.2) is 108 Å². The summed E-state index contributed by atoms with van der Waals surface area (Å²) in [6, 6.07) is 5.68. The number of carbonyl (C=O) groups excluding carboxylic acids is 1. The number of benzene rings is 1. The maximum absolute atomic E-state index is 14.7. The van der Waals surface area contributed by atoms with Gasteiger partial charge in [0.1, 0.15) is 17.9 Å². The van der Waals surface area contributed by atoms with E-state index >= 15 is 0 Å². The Labute approximate surface area is 289 Å². The number of rotatable bonds is 8. The number of fused-ring (bicyclic) bond motifs is 2. The number of anilines is 2. The zero-order valence-electron chi connectivity index (χ0n) is 28.4. The molecular weight excluding hydrogens is 653 g/mol. The van der Waals surface area contributed by atoms with E-state index in [-0.39, 0.29) is 17.8 Å². The molecule has 4 saturated carbocycles. The minimum absolute atomic E-state index is 0.162. The molecule has 6 fully saturated rings. The molecule has 3 aliphatic heterocycles. The van der Waals surface area contributed by atoms with Gasteiger partial charge in [0.2, 0.25) is 5.95 Å². The quantitative estimate of drug-likeness (QED) is 0.413. The molecule has 4 heterocycles. The summed E-state index contributed by atoms with van der Waals surface area (Å²) in [5.74, 6) is -1.55. The number of amides is 1. The molecule has 2 saturated heterocycles. The van der Waals surface area contributed by atoms with Crippen LogP contribution >= 0.6 is 0 Å². The van der Waals surface area contributed by atoms with Crippen molar-refractivity contribution in [3.63, 3.8) is 0 Å². The number of carbonyl (C=O) groups is 2. The van der Waals surface area contributed by atoms with Gasteiger partial charge in [-0.05, 0) is 99.4 Å². The molecule has 270 valence electrons. The highest BCUT2D eigenvalue weighted by Gasteiger charge is 2.62. The van der Waals surface area contributed by atoms with Crippen molar-refractivity contribution in [3.05, 3.63) is 41.2 Å². The van der Waals surface area contributed by atoms with Crippen molar-refractivity contribution in [3.8, 4) is 5.75 Å². The normalized spacial score (nSPS) is 30.4. The van der Waals surface area contributed by atoms with Crippen LogP contribution < -0.4 is 15.0 Å². The van der Waals surface area contributed by atoms with Gasteiger partial charge in [-0.15, -0.1) is 0 Å². The number of likely N-dealkylation sites (N-methyl/N-ethyl adjacent to an activating group) is 1. The Balaban J connectivity index is 1.07. The van der Waals surface area contributed by atoms with Gasteiger partial charge in [0.15, 0.2) is 5.69 Å². The molecule has 0 radical (unpaired) electrons. The van der Waals surface area contributed by atoms with Crippen molar-refractivity contribution in [2.24, 2.45) is 23.7 Å². The number of nitrogens with zero attached hydrogens (tertiary/aromatic N) is 5. The van der Waals surface area contributed by atoms with Crippen LogP contribution in [0.25, 0.3) is 0 Å². The zero-order valence-corrected chi connectivity index (χ0v) is 28.4. The van der Waals surface area contributed by atoms with Crippen molar-refractivity contribution < 1.29 is 37.3 Å². The first-order valence-corrected chi connectivity index (χ1v) is 18.0. The zero-order chi connectivity index (χ0) is 34.8. The van der Waals surface area contributed by atoms with Crippen LogP contribution in [0.5, 0.6) is 5.75 Å². The van der Waals surface area contributed by atoms with Crippen molar-refractivity contribution in [1.29, 1.82) is 0 Å². The van der Waals surface area contributed by atoms with E-state index in [1.165, 1.54) is 0 Å². The van der Waals surface area contributed by atoms with E-state index in [0.29, 0.717) is 88.2 Å². The number of nitrogens with one attached hydrogen (secondary N) is 1. The standard InChI is InChI=1S/C36H45F3N6O5/c1-43-6-8-44(9-7-43)10-13-50-26-2-3-29-28(19-26)34(4-11-49-12-5-34)21-45(29)33-40-20-27(30(41-33)36(37,38)39)31(46)42-35(32(47)48)24-15-22-14-23(17-24)18-25(35)16-22/h2-3,19-20,22-25H,4-18,21H2,1H3,(H,42,46)(H,47,48). The fraction of sp³-hybridized carbons (Fsp3) is 0.667. The van der Waals surface area contributed by atoms with Crippen molar-refractivity contribution >= 4 is 23.5 Å². The second kappa shape index (κ2) is 12.6. The summed E-state index contributed by atoms with van der Waals surface area (Å²) in [5, 5.41) is 13.1. The van der Waals surface area contributed by atoms with Gasteiger partial charge in [-0.1, -0.05) is 0 Å². The van der Waals surface area contributed by atoms with Crippen LogP contribution in [0.3, 0.4) is 0 Å². The highest BCUT2D eigenvalue weighted by atomic mass is 19.4. The molecular formula is C36H45F3N6O5. The van der Waals surface area contributed by atoms with Crippen LogP contribution in [-0.2, 0) is 21.1 Å². The first kappa shape index (κ1) is 33.6. The molecule has 0 atom stereocenters. The van der Waals surface area contributed by atoms with E-state index in [2.05, 4.69) is 32.1 Å². The predicted molar refractivity (Wildman–Crippen MR) is 177 cm³/mol. The summed E-state index contributed by atoms with van der Waals surface area (Å²) in [6.45, 7) is 6.74. The van der Waals surface area contributed by atoms with Crippen LogP contribution in [0.4, 0.5) is 24.8 Å². The SMILES string of the molecule is CN1CCN(CCOc2ccc3c(c2)C2(CCOCC2)CN3c2ncc(C(=O)NC3(C(=O)O)C4CC5CC(C4)CC3C5)c(C(F)(F)F)n2)CC1. The highest BCUT2D eigenvalue weighted by molar-refractivity contribution is 5.99. The highest BCUT2D eigenvalue weighted by Crippen LogP contribution is 2.58. The van der Waals surface area contributed by atoms with Crippen molar-refractivity contribution in [2.75, 3.05) is 71.0 Å². The number of ether oxygens (including phenoxy) is 2. The third-order valence-corrected chi connectivity index (χ3v) is 12.6. The average molecular weight is 699 g/mol. The third kappa shape index (κ3) is 5.80. The minimum atomic E-state index is -4.98. The van der Waals surface area contributed by atoms with Gasteiger partial charge in [0.05, 0.1) is 5.56 Å². The maximum atomic E-state index is 14.7. The number of hydrogen-bond donors (Lipinski definition) is 2. The molecule has 9 rings (SSSR count). The van der Waals surface area contributed by atoms with Crippen molar-refractivity contribution in [1.82, 2.24) is 25.1 Å². The number of hydrogen-bond acceptors (Lipinski definition) is 9. The maximum Gasteiger partial charge on any atom is 0.434 e. The lowest BCUT2D eigenvalue weighted by Gasteiger charge is -2.59. The largest absolute Gasteiger partial charge is 0.492 e. The van der Waals surface area contributed by atoms with Crippen LogP contribution in [0.15, 0.2) is 24.4 Å². The van der Waals surface area contributed by atoms with E-state index in [0.717, 1.165) is 50.9 Å².